The predicted molar refractivity (Wildman–Crippen MR) is 120 cm³/mol. The molecular formula is C20H18N5O5S2-. The first-order valence-electron chi connectivity index (χ1n) is 9.77. The SMILES string of the molecule is NC(=O)C1CCN(c2nc3ccccn3c(=O)c2C=C2SC(=S)N(CC(=O)[O-])C2=O)CC1. The Morgan fingerprint density at radius 3 is 2.66 bits per heavy atom. The van der Waals surface area contributed by atoms with Gasteiger partial charge in [0.25, 0.3) is 11.5 Å². The number of anilines is 1. The van der Waals surface area contributed by atoms with Crippen LogP contribution >= 0.6 is 24.0 Å². The average Bonchev–Trinajstić information content (AvgIpc) is 3.02. The third-order valence-electron chi connectivity index (χ3n) is 5.38. The first-order chi connectivity index (χ1) is 15.3. The fourth-order valence-corrected chi connectivity index (χ4v) is 4.97. The Hall–Kier alpha value is -3.25. The Morgan fingerprint density at radius 1 is 1.28 bits per heavy atom. The first kappa shape index (κ1) is 22.0. The maximum atomic E-state index is 13.3. The van der Waals surface area contributed by atoms with Crippen molar-refractivity contribution in [3.63, 3.8) is 0 Å². The first-order valence-corrected chi connectivity index (χ1v) is 11.0. The molecule has 0 radical (unpaired) electrons. The van der Waals surface area contributed by atoms with Gasteiger partial charge < -0.3 is 20.5 Å². The summed E-state index contributed by atoms with van der Waals surface area (Å²) in [5.74, 6) is -2.26. The van der Waals surface area contributed by atoms with E-state index >= 15 is 0 Å². The number of carbonyl (C=O) groups excluding carboxylic acids is 3. The van der Waals surface area contributed by atoms with E-state index in [-0.39, 0.29) is 32.2 Å². The third kappa shape index (κ3) is 4.10. The van der Waals surface area contributed by atoms with Crippen molar-refractivity contribution in [2.45, 2.75) is 12.8 Å². The van der Waals surface area contributed by atoms with Crippen molar-refractivity contribution in [1.82, 2.24) is 14.3 Å². The van der Waals surface area contributed by atoms with Gasteiger partial charge in [0.1, 0.15) is 15.8 Å². The molecule has 10 nitrogen and oxygen atoms in total. The molecule has 2 aromatic heterocycles. The number of carboxylic acid groups (broad SMARTS) is 1. The van der Waals surface area contributed by atoms with Crippen LogP contribution in [0.5, 0.6) is 0 Å². The number of carboxylic acids is 1. The number of primary amides is 1. The van der Waals surface area contributed by atoms with E-state index in [9.17, 15) is 24.3 Å². The Labute approximate surface area is 191 Å². The second-order valence-electron chi connectivity index (χ2n) is 7.39. The van der Waals surface area contributed by atoms with Crippen LogP contribution in [0.3, 0.4) is 0 Å². The molecule has 0 saturated carbocycles. The van der Waals surface area contributed by atoms with Crippen LogP contribution in [-0.4, -0.2) is 56.0 Å². The lowest BCUT2D eigenvalue weighted by atomic mass is 9.96. The Morgan fingerprint density at radius 2 is 2.00 bits per heavy atom. The summed E-state index contributed by atoms with van der Waals surface area (Å²) in [6.45, 7) is 0.273. The van der Waals surface area contributed by atoms with Crippen LogP contribution in [0.1, 0.15) is 18.4 Å². The summed E-state index contributed by atoms with van der Waals surface area (Å²) in [5.41, 5.74) is 5.66. The van der Waals surface area contributed by atoms with Gasteiger partial charge in [-0.1, -0.05) is 30.0 Å². The minimum atomic E-state index is -1.44. The largest absolute Gasteiger partial charge is 0.548 e. The van der Waals surface area contributed by atoms with Crippen molar-refractivity contribution in [3.05, 3.63) is 45.2 Å². The maximum absolute atomic E-state index is 13.3. The Bertz CT molecular complexity index is 1230. The van der Waals surface area contributed by atoms with E-state index in [0.717, 1.165) is 16.7 Å². The number of thioether (sulfide) groups is 1. The molecule has 2 aliphatic rings. The summed E-state index contributed by atoms with van der Waals surface area (Å²) in [7, 11) is 0. The number of hydrogen-bond donors (Lipinski definition) is 1. The van der Waals surface area contributed by atoms with E-state index in [1.165, 1.54) is 10.5 Å². The highest BCUT2D eigenvalue weighted by Crippen LogP contribution is 2.34. The van der Waals surface area contributed by atoms with Crippen LogP contribution in [0.4, 0.5) is 5.82 Å². The summed E-state index contributed by atoms with van der Waals surface area (Å²) in [5, 5.41) is 11.0. The van der Waals surface area contributed by atoms with Crippen molar-refractivity contribution in [3.8, 4) is 0 Å². The van der Waals surface area contributed by atoms with Crippen molar-refractivity contribution >= 4 is 63.6 Å². The van der Waals surface area contributed by atoms with Gasteiger partial charge in [0.2, 0.25) is 5.91 Å². The molecule has 2 amide bonds. The number of carbonyl (C=O) groups is 3. The van der Waals surface area contributed by atoms with Crippen LogP contribution in [0.25, 0.3) is 11.7 Å². The molecule has 0 atom stereocenters. The lowest BCUT2D eigenvalue weighted by Gasteiger charge is -2.32. The van der Waals surface area contributed by atoms with Gasteiger partial charge in [-0.25, -0.2) is 4.98 Å². The molecule has 0 unspecified atom stereocenters. The average molecular weight is 473 g/mol. The fraction of sp³-hybridized carbons (Fsp3) is 0.300. The molecule has 0 spiro atoms. The Kier molecular flexibility index (Phi) is 5.98. The van der Waals surface area contributed by atoms with E-state index in [1.807, 2.05) is 4.90 Å². The lowest BCUT2D eigenvalue weighted by molar-refractivity contribution is -0.305. The van der Waals surface area contributed by atoms with E-state index in [2.05, 4.69) is 4.98 Å². The summed E-state index contributed by atoms with van der Waals surface area (Å²) in [6, 6.07) is 5.15. The number of fused-ring (bicyclic) bond motifs is 1. The van der Waals surface area contributed by atoms with Crippen molar-refractivity contribution in [1.29, 1.82) is 0 Å². The smallest absolute Gasteiger partial charge is 0.267 e. The number of aliphatic carboxylic acids is 1. The van der Waals surface area contributed by atoms with Gasteiger partial charge in [-0.2, -0.15) is 0 Å². The molecule has 12 heteroatoms. The zero-order valence-corrected chi connectivity index (χ0v) is 18.4. The summed E-state index contributed by atoms with van der Waals surface area (Å²) >= 11 is 6.03. The molecule has 4 rings (SSSR count). The zero-order valence-electron chi connectivity index (χ0n) is 16.7. The van der Waals surface area contributed by atoms with Crippen molar-refractivity contribution in [2.24, 2.45) is 11.7 Å². The number of thiocarbonyl (C=S) groups is 1. The Balaban J connectivity index is 1.78. The van der Waals surface area contributed by atoms with Crippen LogP contribution in [0.15, 0.2) is 34.1 Å². The zero-order chi connectivity index (χ0) is 23.0. The van der Waals surface area contributed by atoms with Gasteiger partial charge in [-0.15, -0.1) is 0 Å². The molecule has 0 aromatic carbocycles. The molecular weight excluding hydrogens is 454 g/mol. The number of aromatic nitrogens is 2. The molecule has 2 N–H and O–H groups in total. The predicted octanol–water partition coefficient (Wildman–Crippen LogP) is -0.653. The van der Waals surface area contributed by atoms with Crippen LogP contribution in [-0.2, 0) is 14.4 Å². The van der Waals surface area contributed by atoms with Crippen LogP contribution < -0.4 is 21.3 Å². The van der Waals surface area contributed by atoms with E-state index in [1.54, 1.807) is 24.4 Å². The van der Waals surface area contributed by atoms with E-state index in [0.29, 0.717) is 37.4 Å². The fourth-order valence-electron chi connectivity index (χ4n) is 3.73. The second kappa shape index (κ2) is 8.71. The van der Waals surface area contributed by atoms with Gasteiger partial charge in [-0.3, -0.25) is 23.7 Å². The summed E-state index contributed by atoms with van der Waals surface area (Å²) < 4.78 is 1.44. The van der Waals surface area contributed by atoms with Gasteiger partial charge in [0.15, 0.2) is 0 Å². The lowest BCUT2D eigenvalue weighted by Crippen LogP contribution is -2.40. The summed E-state index contributed by atoms with van der Waals surface area (Å²) in [4.78, 5) is 56.1. The number of rotatable bonds is 5. The highest BCUT2D eigenvalue weighted by atomic mass is 32.2. The minimum absolute atomic E-state index is 0.0723. The number of piperidine rings is 1. The molecule has 32 heavy (non-hydrogen) atoms. The third-order valence-corrected chi connectivity index (χ3v) is 6.76. The van der Waals surface area contributed by atoms with Gasteiger partial charge >= 0.3 is 0 Å². The number of amides is 2. The molecule has 2 fully saturated rings. The van der Waals surface area contributed by atoms with Crippen LogP contribution in [0, 0.1) is 5.92 Å². The van der Waals surface area contributed by atoms with Crippen molar-refractivity contribution in [2.75, 3.05) is 24.5 Å². The molecule has 0 aliphatic carbocycles. The summed E-state index contributed by atoms with van der Waals surface area (Å²) in [6.07, 6.45) is 4.03. The molecule has 2 aromatic rings. The molecule has 166 valence electrons. The molecule has 4 heterocycles. The van der Waals surface area contributed by atoms with Crippen LogP contribution in [0.2, 0.25) is 0 Å². The minimum Gasteiger partial charge on any atom is -0.548 e. The second-order valence-corrected chi connectivity index (χ2v) is 9.06. The normalized spacial score (nSPS) is 18.7. The van der Waals surface area contributed by atoms with Gasteiger partial charge in [-0.05, 0) is 31.1 Å². The number of hydrogen-bond acceptors (Lipinski definition) is 9. The van der Waals surface area contributed by atoms with E-state index < -0.39 is 18.4 Å². The van der Waals surface area contributed by atoms with E-state index in [4.69, 9.17) is 18.0 Å². The highest BCUT2D eigenvalue weighted by Gasteiger charge is 2.33. The number of nitrogens with two attached hydrogens (primary N) is 1. The van der Waals surface area contributed by atoms with Gasteiger partial charge in [0.05, 0.1) is 23.0 Å². The number of nitrogens with zero attached hydrogens (tertiary/aromatic N) is 4. The standard InChI is InChI=1S/C20H19N5O5S2/c21-16(28)11-4-7-23(8-5-11)17-12(18(29)24-6-2-1-3-14(24)22-17)9-13-19(30)25(10-15(26)27)20(31)32-13/h1-3,6,9,11H,4-5,7-8,10H2,(H2,21,28)(H,26,27)/p-1. The number of pyridine rings is 1. The highest BCUT2D eigenvalue weighted by molar-refractivity contribution is 8.26. The molecule has 0 bridgehead atoms. The maximum Gasteiger partial charge on any atom is 0.267 e. The molecule has 2 aliphatic heterocycles. The van der Waals surface area contributed by atoms with Crippen molar-refractivity contribution < 1.29 is 19.5 Å². The molecule has 2 saturated heterocycles. The topological polar surface area (TPSA) is 141 Å². The van der Waals surface area contributed by atoms with Gasteiger partial charge in [0, 0.05) is 25.2 Å². The monoisotopic (exact) mass is 472 g/mol. The quantitative estimate of drug-likeness (QED) is 0.444.